The van der Waals surface area contributed by atoms with E-state index in [2.05, 4.69) is 33.4 Å². The number of hydrogen-bond acceptors (Lipinski definition) is 5. The summed E-state index contributed by atoms with van der Waals surface area (Å²) in [5, 5.41) is 18.2. The van der Waals surface area contributed by atoms with E-state index in [0.29, 0.717) is 11.0 Å². The van der Waals surface area contributed by atoms with Crippen molar-refractivity contribution in [3.63, 3.8) is 0 Å². The van der Waals surface area contributed by atoms with E-state index in [1.165, 1.54) is 17.3 Å². The zero-order valence-corrected chi connectivity index (χ0v) is 19.4. The van der Waals surface area contributed by atoms with Crippen molar-refractivity contribution in [2.24, 2.45) is 0 Å². The molecule has 0 saturated carbocycles. The third kappa shape index (κ3) is 3.47. The number of fused-ring (bicyclic) bond motifs is 2. The molecule has 1 aliphatic heterocycles. The SMILES string of the molecule is CC1Cc2ccccc2N1C(=O)CSc1nnc(-c2n[nH]c3ccccc23)n1-c1ccccc1. The van der Waals surface area contributed by atoms with E-state index in [4.69, 9.17) is 0 Å². The highest BCUT2D eigenvalue weighted by Crippen LogP contribution is 2.34. The Morgan fingerprint density at radius 1 is 1.00 bits per heavy atom. The van der Waals surface area contributed by atoms with Crippen LogP contribution in [-0.4, -0.2) is 42.7 Å². The maximum atomic E-state index is 13.3. The van der Waals surface area contributed by atoms with Gasteiger partial charge in [0.05, 0.1) is 11.3 Å². The number of para-hydroxylation sites is 3. The predicted molar refractivity (Wildman–Crippen MR) is 134 cm³/mol. The highest BCUT2D eigenvalue weighted by atomic mass is 32.2. The number of thioether (sulfide) groups is 1. The fraction of sp³-hybridized carbons (Fsp3) is 0.154. The standard InChI is InChI=1S/C26H22N6OS/c1-17-15-18-9-5-8-14-22(18)31(17)23(33)16-34-26-30-29-25(32(26)19-10-3-2-4-11-19)24-20-12-6-7-13-21(20)27-28-24/h2-14,17H,15-16H2,1H3,(H,27,28). The Bertz CT molecular complexity index is 1490. The second-order valence-electron chi connectivity index (χ2n) is 8.33. The molecule has 6 rings (SSSR count). The molecule has 1 amide bonds. The summed E-state index contributed by atoms with van der Waals surface area (Å²) < 4.78 is 1.97. The second kappa shape index (κ2) is 8.46. The quantitative estimate of drug-likeness (QED) is 0.374. The molecule has 1 N–H and O–H groups in total. The molecule has 8 heteroatoms. The topological polar surface area (TPSA) is 79.7 Å². The molecule has 0 radical (unpaired) electrons. The first-order chi connectivity index (χ1) is 16.7. The minimum absolute atomic E-state index is 0.0665. The van der Waals surface area contributed by atoms with E-state index < -0.39 is 0 Å². The van der Waals surface area contributed by atoms with Gasteiger partial charge in [-0.15, -0.1) is 10.2 Å². The van der Waals surface area contributed by atoms with Crippen LogP contribution in [0.25, 0.3) is 28.1 Å². The van der Waals surface area contributed by atoms with Gasteiger partial charge < -0.3 is 4.90 Å². The van der Waals surface area contributed by atoms with Crippen LogP contribution in [0.1, 0.15) is 12.5 Å². The molecule has 1 aliphatic rings. The Balaban J connectivity index is 1.35. The van der Waals surface area contributed by atoms with Gasteiger partial charge in [0.1, 0.15) is 5.69 Å². The number of H-pyrrole nitrogens is 1. The monoisotopic (exact) mass is 466 g/mol. The first kappa shape index (κ1) is 20.7. The lowest BCUT2D eigenvalue weighted by Gasteiger charge is -2.22. The van der Waals surface area contributed by atoms with Crippen molar-refractivity contribution in [1.29, 1.82) is 0 Å². The van der Waals surface area contributed by atoms with Gasteiger partial charge in [-0.25, -0.2) is 0 Å². The van der Waals surface area contributed by atoms with Crippen molar-refractivity contribution in [1.82, 2.24) is 25.0 Å². The predicted octanol–water partition coefficient (Wildman–Crippen LogP) is 4.88. The highest BCUT2D eigenvalue weighted by Gasteiger charge is 2.31. The molecule has 0 aliphatic carbocycles. The molecule has 3 heterocycles. The average Bonchev–Trinajstić information content (AvgIpc) is 3.57. The lowest BCUT2D eigenvalue weighted by molar-refractivity contribution is -0.116. The fourth-order valence-corrected chi connectivity index (χ4v) is 5.41. The molecule has 0 bridgehead atoms. The van der Waals surface area contributed by atoms with Crippen molar-refractivity contribution >= 4 is 34.3 Å². The minimum Gasteiger partial charge on any atom is -0.308 e. The van der Waals surface area contributed by atoms with Crippen LogP contribution >= 0.6 is 11.8 Å². The van der Waals surface area contributed by atoms with Crippen LogP contribution in [0, 0.1) is 0 Å². The molecule has 168 valence electrons. The molecule has 0 spiro atoms. The Kier molecular flexibility index (Phi) is 5.15. The van der Waals surface area contributed by atoms with E-state index in [1.54, 1.807) is 0 Å². The van der Waals surface area contributed by atoms with Gasteiger partial charge in [-0.2, -0.15) is 5.10 Å². The zero-order chi connectivity index (χ0) is 23.1. The lowest BCUT2D eigenvalue weighted by atomic mass is 10.1. The van der Waals surface area contributed by atoms with Crippen LogP contribution in [0.3, 0.4) is 0 Å². The zero-order valence-electron chi connectivity index (χ0n) is 18.5. The summed E-state index contributed by atoms with van der Waals surface area (Å²) in [4.78, 5) is 15.2. The summed E-state index contributed by atoms with van der Waals surface area (Å²) in [6, 6.07) is 26.2. The van der Waals surface area contributed by atoms with Crippen molar-refractivity contribution in [3.8, 4) is 17.2 Å². The van der Waals surface area contributed by atoms with E-state index in [-0.39, 0.29) is 17.7 Å². The highest BCUT2D eigenvalue weighted by molar-refractivity contribution is 7.99. The summed E-state index contributed by atoms with van der Waals surface area (Å²) >= 11 is 1.40. The smallest absolute Gasteiger partial charge is 0.237 e. The third-order valence-electron chi connectivity index (χ3n) is 6.13. The van der Waals surface area contributed by atoms with Crippen LogP contribution in [0.15, 0.2) is 84.0 Å². The molecule has 2 aromatic heterocycles. The van der Waals surface area contributed by atoms with Gasteiger partial charge in [-0.05, 0) is 43.2 Å². The lowest BCUT2D eigenvalue weighted by Crippen LogP contribution is -2.37. The third-order valence-corrected chi connectivity index (χ3v) is 7.04. The molecule has 0 saturated heterocycles. The van der Waals surface area contributed by atoms with E-state index >= 15 is 0 Å². The van der Waals surface area contributed by atoms with Crippen LogP contribution in [-0.2, 0) is 11.2 Å². The molecule has 7 nitrogen and oxygen atoms in total. The first-order valence-corrected chi connectivity index (χ1v) is 12.2. The summed E-state index contributed by atoms with van der Waals surface area (Å²) in [5.74, 6) is 0.973. The van der Waals surface area contributed by atoms with Crippen LogP contribution in [0.5, 0.6) is 0 Å². The number of aromatic amines is 1. The van der Waals surface area contributed by atoms with Crippen molar-refractivity contribution < 1.29 is 4.79 Å². The normalized spacial score (nSPS) is 15.1. The van der Waals surface area contributed by atoms with Crippen LogP contribution in [0.4, 0.5) is 5.69 Å². The van der Waals surface area contributed by atoms with Gasteiger partial charge in [0, 0.05) is 22.8 Å². The summed E-state index contributed by atoms with van der Waals surface area (Å²) in [5.41, 5.74) is 4.81. The van der Waals surface area contributed by atoms with Crippen molar-refractivity contribution in [2.75, 3.05) is 10.7 Å². The number of aromatic nitrogens is 5. The van der Waals surface area contributed by atoms with E-state index in [0.717, 1.165) is 34.4 Å². The number of rotatable bonds is 5. The molecule has 5 aromatic rings. The molecule has 3 aromatic carbocycles. The molecular formula is C26H22N6OS. The molecule has 0 fully saturated rings. The summed E-state index contributed by atoms with van der Waals surface area (Å²) in [7, 11) is 0. The van der Waals surface area contributed by atoms with Crippen molar-refractivity contribution in [3.05, 3.63) is 84.4 Å². The van der Waals surface area contributed by atoms with Gasteiger partial charge in [-0.1, -0.05) is 66.4 Å². The average molecular weight is 467 g/mol. The van der Waals surface area contributed by atoms with Gasteiger partial charge in [0.25, 0.3) is 0 Å². The second-order valence-corrected chi connectivity index (χ2v) is 9.27. The number of anilines is 1. The molecule has 1 unspecified atom stereocenters. The van der Waals surface area contributed by atoms with Crippen LogP contribution < -0.4 is 4.90 Å². The summed E-state index contributed by atoms with van der Waals surface area (Å²) in [6.45, 7) is 2.09. The number of amides is 1. The Morgan fingerprint density at radius 2 is 1.76 bits per heavy atom. The van der Waals surface area contributed by atoms with Crippen molar-refractivity contribution in [2.45, 2.75) is 24.5 Å². The van der Waals surface area contributed by atoms with Gasteiger partial charge in [-0.3, -0.25) is 14.5 Å². The number of benzene rings is 3. The van der Waals surface area contributed by atoms with E-state index in [9.17, 15) is 4.79 Å². The Hall–Kier alpha value is -3.91. The molecular weight excluding hydrogens is 444 g/mol. The van der Waals surface area contributed by atoms with Crippen LogP contribution in [0.2, 0.25) is 0 Å². The number of hydrogen-bond donors (Lipinski definition) is 1. The minimum atomic E-state index is 0.0665. The number of carbonyl (C=O) groups is 1. The van der Waals surface area contributed by atoms with Gasteiger partial charge in [0.15, 0.2) is 11.0 Å². The number of nitrogens with zero attached hydrogens (tertiary/aromatic N) is 5. The maximum Gasteiger partial charge on any atom is 0.237 e. The number of carbonyl (C=O) groups excluding carboxylic acids is 1. The molecule has 34 heavy (non-hydrogen) atoms. The Morgan fingerprint density at radius 3 is 2.65 bits per heavy atom. The first-order valence-electron chi connectivity index (χ1n) is 11.2. The fourth-order valence-electron chi connectivity index (χ4n) is 4.60. The van der Waals surface area contributed by atoms with E-state index in [1.807, 2.05) is 82.3 Å². The summed E-state index contributed by atoms with van der Waals surface area (Å²) in [6.07, 6.45) is 0.878. The largest absolute Gasteiger partial charge is 0.308 e. The van der Waals surface area contributed by atoms with Gasteiger partial charge >= 0.3 is 0 Å². The van der Waals surface area contributed by atoms with Gasteiger partial charge in [0.2, 0.25) is 5.91 Å². The maximum absolute atomic E-state index is 13.3. The Labute approximate surface area is 200 Å². The molecule has 1 atom stereocenters. The number of nitrogens with one attached hydrogen (secondary N) is 1.